The van der Waals surface area contributed by atoms with Crippen LogP contribution in [0.4, 0.5) is 105 Å². The molecule has 0 nitrogen and oxygen atoms in total. The van der Waals surface area contributed by atoms with Gasteiger partial charge >= 0.3 is 49.4 Å². The molecule has 26 heteroatoms. The van der Waals surface area contributed by atoms with Crippen LogP contribution in [0.3, 0.4) is 0 Å². The Morgan fingerprint density at radius 3 is 0.487 bits per heavy atom. The van der Waals surface area contributed by atoms with E-state index >= 15 is 0 Å². The molecule has 0 aliphatic rings. The fourth-order valence-corrected chi connectivity index (χ4v) is 10.3. The minimum Gasteiger partial charge on any atom is -0.194 e. The van der Waals surface area contributed by atoms with Gasteiger partial charge in [-0.3, -0.25) is 0 Å². The van der Waals surface area contributed by atoms with E-state index in [0.717, 1.165) is 0 Å². The van der Waals surface area contributed by atoms with Crippen molar-refractivity contribution in [1.29, 1.82) is 0 Å². The first-order valence-electron chi connectivity index (χ1n) is 21.0. The molecule has 0 atom stereocenters. The minimum absolute atomic E-state index is 0.0146. The van der Waals surface area contributed by atoms with Gasteiger partial charge in [0.1, 0.15) is 6.15 Å². The quantitative estimate of drug-likeness (QED) is 0.0848. The molecule has 0 unspecified atom stereocenters. The normalized spacial score (nSPS) is 13.4. The molecule has 0 heterocycles. The molecule has 0 N–H and O–H groups in total. The number of hydrogen-bond donors (Lipinski definition) is 0. The van der Waals surface area contributed by atoms with E-state index in [1.807, 2.05) is 0 Å². The Labute approximate surface area is 415 Å². The van der Waals surface area contributed by atoms with Crippen molar-refractivity contribution in [1.82, 2.24) is 0 Å². The van der Waals surface area contributed by atoms with Crippen LogP contribution in [0.1, 0.15) is 44.5 Å². The zero-order chi connectivity index (χ0) is 56.8. The maximum absolute atomic E-state index is 14.2. The molecule has 404 valence electrons. The summed E-state index contributed by atoms with van der Waals surface area (Å²) < 4.78 is 341. The summed E-state index contributed by atoms with van der Waals surface area (Å²) in [5.41, 5.74) is -30.2. The average molecular weight is 1130 g/mol. The summed E-state index contributed by atoms with van der Waals surface area (Å²) in [6, 6.07) is 23.3. The standard InChI is InChI=1S/C32H12BF24.C18H15S/c34-25(35,36)13-1-14(26(37,38)39)6-21(5-13)33(22-7-15(27(40,41)42)2-16(8-22)28(43,44)45,23-9-17(29(46,47)48)3-18(10-23)30(49,50)51)24-11-19(31(52,53)54)4-20(12-24)32(55,56)57;1-4-10-16(11-5-1)19(17-12-6-2-7-13-17)18-14-8-3-9-15-18/h1-12H;1-15H/q-1;+1. The van der Waals surface area contributed by atoms with Crippen molar-refractivity contribution in [2.24, 2.45) is 0 Å². The largest absolute Gasteiger partial charge is 0.416 e. The van der Waals surface area contributed by atoms with Gasteiger partial charge in [-0.1, -0.05) is 103 Å². The van der Waals surface area contributed by atoms with E-state index in [1.165, 1.54) is 14.7 Å². The summed E-state index contributed by atoms with van der Waals surface area (Å²) in [4.78, 5) is 4.08. The van der Waals surface area contributed by atoms with Crippen molar-refractivity contribution in [3.63, 3.8) is 0 Å². The van der Waals surface area contributed by atoms with Gasteiger partial charge in [-0.15, -0.1) is 0 Å². The number of halogens is 24. The van der Waals surface area contributed by atoms with Gasteiger partial charge in [0.2, 0.25) is 0 Å². The van der Waals surface area contributed by atoms with Gasteiger partial charge in [0.05, 0.1) is 55.4 Å². The molecular weight excluding hydrogens is 1100 g/mol. The Bertz CT molecular complexity index is 2600. The summed E-state index contributed by atoms with van der Waals surface area (Å²) in [5.74, 6) is 0. The van der Waals surface area contributed by atoms with Gasteiger partial charge in [-0.05, 0) is 60.7 Å². The topological polar surface area (TPSA) is 0 Å². The van der Waals surface area contributed by atoms with Gasteiger partial charge in [-0.25, -0.2) is 0 Å². The second-order valence-corrected chi connectivity index (χ2v) is 18.5. The van der Waals surface area contributed by atoms with Crippen molar-refractivity contribution in [3.05, 3.63) is 208 Å². The molecule has 0 radical (unpaired) electrons. The van der Waals surface area contributed by atoms with Gasteiger partial charge in [0.25, 0.3) is 0 Å². The van der Waals surface area contributed by atoms with Crippen LogP contribution >= 0.6 is 0 Å². The molecule has 0 aliphatic carbocycles. The van der Waals surface area contributed by atoms with E-state index < -0.39 is 195 Å². The fraction of sp³-hybridized carbons (Fsp3) is 0.160. The Morgan fingerprint density at radius 2 is 0.355 bits per heavy atom. The molecule has 0 fully saturated rings. The van der Waals surface area contributed by atoms with Gasteiger partial charge < -0.3 is 0 Å². The zero-order valence-electron chi connectivity index (χ0n) is 37.1. The third-order valence-corrected chi connectivity index (χ3v) is 13.6. The molecule has 0 spiro atoms. The SMILES string of the molecule is FC(F)(F)c1cc([B-](c2cc(C(F)(F)F)cc(C(F)(F)F)c2)(c2cc(C(F)(F)F)cc(C(F)(F)F)c2)c2cc(C(F)(F)F)cc(C(F)(F)F)c2)cc(C(F)(F)F)c1.c1ccc([S+](c2ccccc2)c2ccccc2)cc1. The Balaban J connectivity index is 0.000000408. The Kier molecular flexibility index (Phi) is 15.9. The molecule has 0 saturated carbocycles. The molecule has 0 bridgehead atoms. The average Bonchev–Trinajstić information content (AvgIpc) is 3.31. The van der Waals surface area contributed by atoms with Crippen molar-refractivity contribution < 1.29 is 105 Å². The maximum Gasteiger partial charge on any atom is 0.416 e. The molecule has 0 aromatic heterocycles. The van der Waals surface area contributed by atoms with Crippen LogP contribution in [-0.2, 0) is 60.3 Å². The van der Waals surface area contributed by atoms with Crippen LogP contribution in [0.5, 0.6) is 0 Å². The summed E-state index contributed by atoms with van der Waals surface area (Å²) in [5, 5.41) is 0. The first-order chi connectivity index (χ1) is 34.7. The number of hydrogen-bond acceptors (Lipinski definition) is 0. The molecule has 7 aromatic rings. The first kappa shape index (κ1) is 58.5. The molecule has 76 heavy (non-hydrogen) atoms. The third-order valence-electron chi connectivity index (χ3n) is 11.4. The van der Waals surface area contributed by atoms with E-state index in [-0.39, 0.29) is 10.9 Å². The van der Waals surface area contributed by atoms with Gasteiger partial charge in [-0.2, -0.15) is 127 Å². The van der Waals surface area contributed by atoms with E-state index in [2.05, 4.69) is 91.0 Å². The molecule has 0 aliphatic heterocycles. The third kappa shape index (κ3) is 13.3. The minimum atomic E-state index is -6.13. The van der Waals surface area contributed by atoms with E-state index in [0.29, 0.717) is 0 Å². The summed E-state index contributed by atoms with van der Waals surface area (Å²) >= 11 is 0. The molecule has 7 rings (SSSR count). The fourth-order valence-electron chi connectivity index (χ4n) is 8.15. The molecule has 7 aromatic carbocycles. The van der Waals surface area contributed by atoms with Crippen LogP contribution in [0.15, 0.2) is 178 Å². The van der Waals surface area contributed by atoms with E-state index in [9.17, 15) is 105 Å². The van der Waals surface area contributed by atoms with Gasteiger partial charge in [0, 0.05) is 0 Å². The maximum atomic E-state index is 14.2. The highest BCUT2D eigenvalue weighted by Crippen LogP contribution is 2.42. The molecule has 0 amide bonds. The lowest BCUT2D eigenvalue weighted by atomic mass is 9.12. The number of alkyl halides is 24. The second kappa shape index (κ2) is 20.7. The van der Waals surface area contributed by atoms with Crippen LogP contribution in [0.2, 0.25) is 0 Å². The Morgan fingerprint density at radius 1 is 0.211 bits per heavy atom. The lowest BCUT2D eigenvalue weighted by Crippen LogP contribution is -2.75. The first-order valence-corrected chi connectivity index (χ1v) is 22.2. The zero-order valence-corrected chi connectivity index (χ0v) is 38.0. The Hall–Kier alpha value is -6.73. The van der Waals surface area contributed by atoms with Gasteiger partial charge in [0.15, 0.2) is 14.7 Å². The van der Waals surface area contributed by atoms with Crippen LogP contribution in [0, 0.1) is 0 Å². The highest BCUT2D eigenvalue weighted by molar-refractivity contribution is 7.97. The lowest BCUT2D eigenvalue weighted by Gasteiger charge is -2.46. The smallest absolute Gasteiger partial charge is 0.194 e. The van der Waals surface area contributed by atoms with Crippen LogP contribution in [0.25, 0.3) is 0 Å². The highest BCUT2D eigenvalue weighted by Gasteiger charge is 2.47. The predicted molar refractivity (Wildman–Crippen MR) is 232 cm³/mol. The summed E-state index contributed by atoms with van der Waals surface area (Å²) in [6.07, 6.45) is -54.8. The van der Waals surface area contributed by atoms with E-state index in [1.54, 1.807) is 0 Å². The predicted octanol–water partition coefficient (Wildman–Crippen LogP) is 16.0. The van der Waals surface area contributed by atoms with Crippen molar-refractivity contribution >= 4 is 38.9 Å². The van der Waals surface area contributed by atoms with E-state index in [4.69, 9.17) is 0 Å². The lowest BCUT2D eigenvalue weighted by molar-refractivity contribution is -0.144. The second-order valence-electron chi connectivity index (χ2n) is 16.5. The number of benzene rings is 7. The van der Waals surface area contributed by atoms with Crippen molar-refractivity contribution in [3.8, 4) is 0 Å². The van der Waals surface area contributed by atoms with Crippen LogP contribution < -0.4 is 21.9 Å². The molecular formula is C50H27BF24S. The number of rotatable bonds is 7. The van der Waals surface area contributed by atoms with Crippen molar-refractivity contribution in [2.45, 2.75) is 64.1 Å². The summed E-state index contributed by atoms with van der Waals surface area (Å²) in [6.45, 7) is 0. The molecule has 0 saturated heterocycles. The van der Waals surface area contributed by atoms with Crippen LogP contribution in [-0.4, -0.2) is 6.15 Å². The van der Waals surface area contributed by atoms with Crippen molar-refractivity contribution in [2.75, 3.05) is 0 Å². The monoisotopic (exact) mass is 1130 g/mol. The summed E-state index contributed by atoms with van der Waals surface area (Å²) in [7, 11) is -0.0146. The highest BCUT2D eigenvalue weighted by atomic mass is 32.2.